The van der Waals surface area contributed by atoms with Gasteiger partial charge in [-0.15, -0.1) is 0 Å². The summed E-state index contributed by atoms with van der Waals surface area (Å²) in [5, 5.41) is 0. The van der Waals surface area contributed by atoms with Gasteiger partial charge < -0.3 is 10.6 Å². The fraction of sp³-hybridized carbons (Fsp3) is 0. The average molecular weight is 231 g/mol. The van der Waals surface area contributed by atoms with E-state index in [0.717, 1.165) is 0 Å². The fourth-order valence-corrected chi connectivity index (χ4v) is 1.22. The van der Waals surface area contributed by atoms with Gasteiger partial charge in [-0.3, -0.25) is 4.79 Å². The molecule has 0 fully saturated rings. The third-order valence-corrected chi connectivity index (χ3v) is 1.96. The van der Waals surface area contributed by atoms with Crippen LogP contribution in [-0.2, 0) is 0 Å². The van der Waals surface area contributed by atoms with Crippen LogP contribution < -0.4 is 16.5 Å². The number of hydrogen-bond acceptors (Lipinski definition) is 3. The van der Waals surface area contributed by atoms with Gasteiger partial charge in [0.2, 0.25) is 5.91 Å². The summed E-state index contributed by atoms with van der Waals surface area (Å²) in [6.45, 7) is 0. The summed E-state index contributed by atoms with van der Waals surface area (Å²) < 4.78 is 0.598. The lowest BCUT2D eigenvalue weighted by Gasteiger charge is -2.02. The molecule has 0 bridgehead atoms. The largest absolute Gasteiger partial charge is 0.410 e. The number of amides is 1. The molecule has 0 aliphatic heterocycles. The highest BCUT2D eigenvalue weighted by Gasteiger charge is 2.04. The van der Waals surface area contributed by atoms with Crippen LogP contribution in [0.4, 0.5) is 0 Å². The number of hydrogen-bond donors (Lipinski definition) is 2. The minimum atomic E-state index is -0.487. The molecule has 1 aromatic rings. The Kier molecular flexibility index (Phi) is 2.67. The number of rotatable bonds is 2. The van der Waals surface area contributed by atoms with Crippen molar-refractivity contribution in [2.45, 2.75) is 0 Å². The second kappa shape index (κ2) is 3.55. The van der Waals surface area contributed by atoms with Crippen molar-refractivity contribution in [1.29, 1.82) is 0 Å². The van der Waals surface area contributed by atoms with Crippen LogP contribution in [0.5, 0.6) is 5.75 Å². The molecule has 0 spiro atoms. The van der Waals surface area contributed by atoms with Crippen molar-refractivity contribution in [1.82, 2.24) is 0 Å². The molecule has 64 valence electrons. The molecule has 12 heavy (non-hydrogen) atoms. The van der Waals surface area contributed by atoms with Gasteiger partial charge in [0, 0.05) is 5.56 Å². The third kappa shape index (κ3) is 1.75. The molecule has 0 atom stereocenters. The summed E-state index contributed by atoms with van der Waals surface area (Å²) in [5.74, 6) is 4.90. The van der Waals surface area contributed by atoms with Crippen LogP contribution in [-0.4, -0.2) is 5.91 Å². The number of carbonyl (C=O) groups excluding carboxylic acids is 1. The summed E-state index contributed by atoms with van der Waals surface area (Å²) in [6.07, 6.45) is 0. The molecule has 1 aromatic carbocycles. The summed E-state index contributed by atoms with van der Waals surface area (Å²) in [6, 6.07) is 4.64. The van der Waals surface area contributed by atoms with Crippen LogP contribution in [0.25, 0.3) is 0 Å². The van der Waals surface area contributed by atoms with Crippen molar-refractivity contribution in [3.05, 3.63) is 28.2 Å². The average Bonchev–Trinajstić information content (AvgIpc) is 2.04. The Hall–Kier alpha value is -1.07. The molecule has 0 aromatic heterocycles. The van der Waals surface area contributed by atoms with Crippen molar-refractivity contribution < 1.29 is 9.63 Å². The Labute approximate surface area is 77.6 Å². The van der Waals surface area contributed by atoms with E-state index in [1.165, 1.54) is 6.07 Å². The van der Waals surface area contributed by atoms with E-state index < -0.39 is 5.91 Å². The first kappa shape index (κ1) is 9.02. The Bertz CT molecular complexity index is 314. The van der Waals surface area contributed by atoms with E-state index in [4.69, 9.17) is 11.6 Å². The van der Waals surface area contributed by atoms with Gasteiger partial charge in [-0.05, 0) is 34.1 Å². The fourth-order valence-electron chi connectivity index (χ4n) is 0.750. The first-order valence-electron chi connectivity index (χ1n) is 3.11. The van der Waals surface area contributed by atoms with E-state index >= 15 is 0 Å². The lowest BCUT2D eigenvalue weighted by molar-refractivity contribution is 0.1000. The van der Waals surface area contributed by atoms with E-state index in [2.05, 4.69) is 20.8 Å². The number of benzene rings is 1. The molecule has 1 amide bonds. The summed E-state index contributed by atoms with van der Waals surface area (Å²) in [4.78, 5) is 15.2. The van der Waals surface area contributed by atoms with Gasteiger partial charge in [-0.1, -0.05) is 0 Å². The Morgan fingerprint density at radius 3 is 2.58 bits per heavy atom. The van der Waals surface area contributed by atoms with E-state index in [1.807, 2.05) is 0 Å². The monoisotopic (exact) mass is 230 g/mol. The molecule has 0 aliphatic rings. The second-order valence-electron chi connectivity index (χ2n) is 2.13. The summed E-state index contributed by atoms with van der Waals surface area (Å²) in [7, 11) is 0. The highest BCUT2D eigenvalue weighted by atomic mass is 79.9. The molecule has 5 heteroatoms. The molecule has 4 N–H and O–H groups in total. The zero-order valence-corrected chi connectivity index (χ0v) is 7.67. The van der Waals surface area contributed by atoms with Gasteiger partial charge in [0.1, 0.15) is 0 Å². The van der Waals surface area contributed by atoms with E-state index in [9.17, 15) is 4.79 Å². The quantitative estimate of drug-likeness (QED) is 0.739. The normalized spacial score (nSPS) is 9.50. The zero-order chi connectivity index (χ0) is 9.14. The second-order valence-corrected chi connectivity index (χ2v) is 2.98. The zero-order valence-electron chi connectivity index (χ0n) is 6.08. The Morgan fingerprint density at radius 2 is 2.17 bits per heavy atom. The Balaban J connectivity index is 3.10. The van der Waals surface area contributed by atoms with Gasteiger partial charge in [-0.25, -0.2) is 0 Å². The van der Waals surface area contributed by atoms with Gasteiger partial charge in [0.05, 0.1) is 4.47 Å². The van der Waals surface area contributed by atoms with Crippen molar-refractivity contribution >= 4 is 21.8 Å². The smallest absolute Gasteiger partial charge is 0.248 e. The van der Waals surface area contributed by atoms with Crippen LogP contribution in [0.1, 0.15) is 10.4 Å². The van der Waals surface area contributed by atoms with Crippen molar-refractivity contribution in [3.8, 4) is 5.75 Å². The van der Waals surface area contributed by atoms with E-state index in [-0.39, 0.29) is 0 Å². The van der Waals surface area contributed by atoms with Gasteiger partial charge >= 0.3 is 0 Å². The topological polar surface area (TPSA) is 78.3 Å². The van der Waals surface area contributed by atoms with Gasteiger partial charge in [-0.2, -0.15) is 5.90 Å². The first-order valence-corrected chi connectivity index (χ1v) is 3.90. The SMILES string of the molecule is NOc1ccc(C(N)=O)cc1Br. The van der Waals surface area contributed by atoms with Crippen LogP contribution in [0.15, 0.2) is 22.7 Å². The number of halogens is 1. The molecular weight excluding hydrogens is 224 g/mol. The molecule has 0 unspecified atom stereocenters. The predicted octanol–water partition coefficient (Wildman–Crippen LogP) is 0.801. The standard InChI is InChI=1S/C7H7BrN2O2/c8-5-3-4(7(9)11)1-2-6(5)12-10/h1-3H,10H2,(H2,9,11). The number of carbonyl (C=O) groups is 1. The minimum Gasteiger partial charge on any atom is -0.410 e. The van der Waals surface area contributed by atoms with Crippen LogP contribution in [0.3, 0.4) is 0 Å². The molecule has 0 aliphatic carbocycles. The Morgan fingerprint density at radius 1 is 1.50 bits per heavy atom. The van der Waals surface area contributed by atoms with Crippen molar-refractivity contribution in [2.24, 2.45) is 11.6 Å². The highest BCUT2D eigenvalue weighted by molar-refractivity contribution is 9.10. The molecule has 1 rings (SSSR count). The van der Waals surface area contributed by atoms with Gasteiger partial charge in [0.25, 0.3) is 0 Å². The molecule has 0 radical (unpaired) electrons. The van der Waals surface area contributed by atoms with Crippen LogP contribution in [0, 0.1) is 0 Å². The molecular formula is C7H7BrN2O2. The first-order chi connectivity index (χ1) is 5.65. The lowest BCUT2D eigenvalue weighted by Crippen LogP contribution is -2.11. The highest BCUT2D eigenvalue weighted by Crippen LogP contribution is 2.24. The third-order valence-electron chi connectivity index (χ3n) is 1.34. The minimum absolute atomic E-state index is 0.405. The molecule has 4 nitrogen and oxygen atoms in total. The molecule has 0 saturated heterocycles. The number of primary amides is 1. The summed E-state index contributed by atoms with van der Waals surface area (Å²) in [5.41, 5.74) is 5.45. The van der Waals surface area contributed by atoms with Crippen molar-refractivity contribution in [3.63, 3.8) is 0 Å². The van der Waals surface area contributed by atoms with Crippen LogP contribution in [0.2, 0.25) is 0 Å². The predicted molar refractivity (Wildman–Crippen MR) is 47.5 cm³/mol. The maximum Gasteiger partial charge on any atom is 0.248 e. The van der Waals surface area contributed by atoms with E-state index in [0.29, 0.717) is 15.8 Å². The van der Waals surface area contributed by atoms with Crippen LogP contribution >= 0.6 is 15.9 Å². The maximum atomic E-state index is 10.7. The van der Waals surface area contributed by atoms with Gasteiger partial charge in [0.15, 0.2) is 5.75 Å². The van der Waals surface area contributed by atoms with Crippen molar-refractivity contribution in [2.75, 3.05) is 0 Å². The summed E-state index contributed by atoms with van der Waals surface area (Å²) >= 11 is 3.16. The van der Waals surface area contributed by atoms with E-state index in [1.54, 1.807) is 12.1 Å². The molecule has 0 heterocycles. The molecule has 0 saturated carbocycles. The maximum absolute atomic E-state index is 10.7. The lowest BCUT2D eigenvalue weighted by atomic mass is 10.2. The number of nitrogens with two attached hydrogens (primary N) is 2.